The highest BCUT2D eigenvalue weighted by Gasteiger charge is 2.29. The van der Waals surface area contributed by atoms with Crippen molar-refractivity contribution in [1.29, 1.82) is 0 Å². The summed E-state index contributed by atoms with van der Waals surface area (Å²) in [5, 5.41) is 2.81. The highest BCUT2D eigenvalue weighted by molar-refractivity contribution is 7.92. The number of anilines is 1. The maximum Gasteiger partial charge on any atom is 0.243 e. The number of hydrogen-bond acceptors (Lipinski definition) is 4. The van der Waals surface area contributed by atoms with Crippen LogP contribution in [0.3, 0.4) is 0 Å². The molecule has 0 saturated heterocycles. The van der Waals surface area contributed by atoms with E-state index in [0.717, 1.165) is 21.9 Å². The second-order valence-electron chi connectivity index (χ2n) is 6.60. The number of hydrogen-bond donors (Lipinski definition) is 1. The van der Waals surface area contributed by atoms with Crippen molar-refractivity contribution in [2.24, 2.45) is 0 Å². The molecule has 6 nitrogen and oxygen atoms in total. The minimum atomic E-state index is -3.62. The molecule has 0 radical (unpaired) electrons. The molecule has 2 rings (SSSR count). The van der Waals surface area contributed by atoms with E-state index in [1.54, 1.807) is 37.3 Å². The van der Waals surface area contributed by atoms with Crippen molar-refractivity contribution < 1.29 is 17.9 Å². The lowest BCUT2D eigenvalue weighted by Crippen LogP contribution is -2.50. The summed E-state index contributed by atoms with van der Waals surface area (Å²) >= 11 is 0. The van der Waals surface area contributed by atoms with Crippen molar-refractivity contribution in [2.45, 2.75) is 32.9 Å². The molecule has 2 atom stereocenters. The van der Waals surface area contributed by atoms with Gasteiger partial charge in [0.1, 0.15) is 18.4 Å². The lowest BCUT2D eigenvalue weighted by molar-refractivity contribution is -0.122. The monoisotopic (exact) mass is 390 g/mol. The Morgan fingerprint density at radius 2 is 1.67 bits per heavy atom. The number of ether oxygens (including phenoxy) is 1. The SMILES string of the molecule is Cc1ccc(OC[C@@H](C)NC(=O)[C@@H](C)N(c2ccccc2)S(C)(=O)=O)cc1. The van der Waals surface area contributed by atoms with Crippen LogP contribution in [0.25, 0.3) is 0 Å². The Labute approximate surface area is 161 Å². The van der Waals surface area contributed by atoms with Crippen molar-refractivity contribution in [2.75, 3.05) is 17.2 Å². The smallest absolute Gasteiger partial charge is 0.243 e. The summed E-state index contributed by atoms with van der Waals surface area (Å²) < 4.78 is 31.2. The van der Waals surface area contributed by atoms with Gasteiger partial charge >= 0.3 is 0 Å². The Balaban J connectivity index is 2.01. The molecule has 2 aromatic rings. The second kappa shape index (κ2) is 8.90. The third kappa shape index (κ3) is 5.99. The summed E-state index contributed by atoms with van der Waals surface area (Å²) in [7, 11) is -3.62. The molecule has 0 aliphatic heterocycles. The third-order valence-electron chi connectivity index (χ3n) is 4.01. The molecule has 0 spiro atoms. The Morgan fingerprint density at radius 3 is 2.22 bits per heavy atom. The van der Waals surface area contributed by atoms with Gasteiger partial charge in [0.2, 0.25) is 15.9 Å². The molecule has 0 aromatic heterocycles. The lowest BCUT2D eigenvalue weighted by atomic mass is 10.2. The van der Waals surface area contributed by atoms with Gasteiger partial charge in [-0.05, 0) is 45.0 Å². The van der Waals surface area contributed by atoms with Crippen molar-refractivity contribution >= 4 is 21.6 Å². The van der Waals surface area contributed by atoms with Crippen molar-refractivity contribution in [3.63, 3.8) is 0 Å². The molecule has 1 amide bonds. The Kier molecular flexibility index (Phi) is 6.85. The fourth-order valence-electron chi connectivity index (χ4n) is 2.64. The zero-order valence-corrected chi connectivity index (χ0v) is 16.9. The summed E-state index contributed by atoms with van der Waals surface area (Å²) in [5.74, 6) is 0.334. The average molecular weight is 391 g/mol. The molecular formula is C20H26N2O4S. The molecule has 0 saturated carbocycles. The predicted molar refractivity (Wildman–Crippen MR) is 108 cm³/mol. The van der Waals surface area contributed by atoms with E-state index in [9.17, 15) is 13.2 Å². The highest BCUT2D eigenvalue weighted by atomic mass is 32.2. The summed E-state index contributed by atoms with van der Waals surface area (Å²) in [6.07, 6.45) is 1.09. The van der Waals surface area contributed by atoms with Crippen LogP contribution in [0, 0.1) is 6.92 Å². The first kappa shape index (κ1) is 20.8. The molecule has 27 heavy (non-hydrogen) atoms. The van der Waals surface area contributed by atoms with Gasteiger partial charge in [-0.15, -0.1) is 0 Å². The van der Waals surface area contributed by atoms with E-state index >= 15 is 0 Å². The summed E-state index contributed by atoms with van der Waals surface area (Å²) in [4.78, 5) is 12.6. The van der Waals surface area contributed by atoms with Crippen molar-refractivity contribution in [1.82, 2.24) is 5.32 Å². The van der Waals surface area contributed by atoms with Crippen LogP contribution in [0.5, 0.6) is 5.75 Å². The number of carbonyl (C=O) groups excluding carboxylic acids is 1. The van der Waals surface area contributed by atoms with E-state index in [4.69, 9.17) is 4.74 Å². The molecule has 0 bridgehead atoms. The number of rotatable bonds is 8. The number of nitrogens with zero attached hydrogens (tertiary/aromatic N) is 1. The van der Waals surface area contributed by atoms with Crippen LogP contribution in [0.2, 0.25) is 0 Å². The second-order valence-corrected chi connectivity index (χ2v) is 8.46. The van der Waals surface area contributed by atoms with Crippen LogP contribution < -0.4 is 14.4 Å². The number of sulfonamides is 1. The number of benzene rings is 2. The number of nitrogens with one attached hydrogen (secondary N) is 1. The maximum absolute atomic E-state index is 12.6. The summed E-state index contributed by atoms with van der Waals surface area (Å²) in [5.41, 5.74) is 1.59. The van der Waals surface area contributed by atoms with Gasteiger partial charge in [-0.3, -0.25) is 9.10 Å². The fraction of sp³-hybridized carbons (Fsp3) is 0.350. The molecule has 1 N–H and O–H groups in total. The molecular weight excluding hydrogens is 364 g/mol. The van der Waals surface area contributed by atoms with Gasteiger partial charge in [0.15, 0.2) is 0 Å². The maximum atomic E-state index is 12.6. The van der Waals surface area contributed by atoms with Gasteiger partial charge in [0.05, 0.1) is 18.0 Å². The lowest BCUT2D eigenvalue weighted by Gasteiger charge is -2.29. The topological polar surface area (TPSA) is 75.7 Å². The quantitative estimate of drug-likeness (QED) is 0.752. The fourth-order valence-corrected chi connectivity index (χ4v) is 3.82. The van der Waals surface area contributed by atoms with E-state index < -0.39 is 16.1 Å². The van der Waals surface area contributed by atoms with E-state index in [0.29, 0.717) is 5.69 Å². The molecule has 0 aliphatic carbocycles. The van der Waals surface area contributed by atoms with Crippen LogP contribution >= 0.6 is 0 Å². The molecule has 0 fully saturated rings. The predicted octanol–water partition coefficient (Wildman–Crippen LogP) is 2.73. The Hall–Kier alpha value is -2.54. The van der Waals surface area contributed by atoms with Crippen molar-refractivity contribution in [3.8, 4) is 5.75 Å². The summed E-state index contributed by atoms with van der Waals surface area (Å²) in [6.45, 7) is 5.66. The van der Waals surface area contributed by atoms with Crippen LogP contribution in [0.4, 0.5) is 5.69 Å². The number of amides is 1. The van der Waals surface area contributed by atoms with Gasteiger partial charge in [0.25, 0.3) is 0 Å². The highest BCUT2D eigenvalue weighted by Crippen LogP contribution is 2.20. The Morgan fingerprint density at radius 1 is 1.07 bits per heavy atom. The first-order chi connectivity index (χ1) is 12.7. The molecule has 7 heteroatoms. The summed E-state index contributed by atoms with van der Waals surface area (Å²) in [6, 6.07) is 15.0. The first-order valence-corrected chi connectivity index (χ1v) is 10.6. The molecule has 0 unspecified atom stereocenters. The third-order valence-corrected chi connectivity index (χ3v) is 5.25. The molecule has 2 aromatic carbocycles. The Bertz CT molecular complexity index is 851. The van der Waals surface area contributed by atoms with E-state index in [1.165, 1.54) is 0 Å². The molecule has 0 heterocycles. The van der Waals surface area contributed by atoms with Crippen LogP contribution in [-0.4, -0.2) is 39.3 Å². The van der Waals surface area contributed by atoms with Crippen LogP contribution in [0.15, 0.2) is 54.6 Å². The van der Waals surface area contributed by atoms with E-state index in [1.807, 2.05) is 38.1 Å². The molecule has 0 aliphatic rings. The number of para-hydroxylation sites is 1. The number of carbonyl (C=O) groups is 1. The van der Waals surface area contributed by atoms with Gasteiger partial charge in [-0.2, -0.15) is 0 Å². The van der Waals surface area contributed by atoms with E-state index in [-0.39, 0.29) is 18.6 Å². The van der Waals surface area contributed by atoms with Gasteiger partial charge in [-0.25, -0.2) is 8.42 Å². The van der Waals surface area contributed by atoms with Gasteiger partial charge in [0, 0.05) is 0 Å². The first-order valence-electron chi connectivity index (χ1n) is 8.73. The van der Waals surface area contributed by atoms with Gasteiger partial charge in [-0.1, -0.05) is 35.9 Å². The van der Waals surface area contributed by atoms with Crippen LogP contribution in [0.1, 0.15) is 19.4 Å². The molecule has 146 valence electrons. The minimum absolute atomic E-state index is 0.279. The zero-order valence-electron chi connectivity index (χ0n) is 16.0. The average Bonchev–Trinajstić information content (AvgIpc) is 2.61. The van der Waals surface area contributed by atoms with Gasteiger partial charge < -0.3 is 10.1 Å². The van der Waals surface area contributed by atoms with Crippen molar-refractivity contribution in [3.05, 3.63) is 60.2 Å². The van der Waals surface area contributed by atoms with E-state index in [2.05, 4.69) is 5.32 Å². The number of aryl methyl sites for hydroxylation is 1. The zero-order chi connectivity index (χ0) is 20.0. The standard InChI is InChI=1S/C20H26N2O4S/c1-15-10-12-19(13-11-15)26-14-16(2)21-20(23)17(3)22(27(4,24)25)18-8-6-5-7-9-18/h5-13,16-17H,14H2,1-4H3,(H,21,23)/t16-,17-/m1/s1. The normalized spacial score (nSPS) is 13.5. The van der Waals surface area contributed by atoms with Crippen LogP contribution in [-0.2, 0) is 14.8 Å². The minimum Gasteiger partial charge on any atom is -0.491 e. The largest absolute Gasteiger partial charge is 0.491 e.